The van der Waals surface area contributed by atoms with E-state index in [1.807, 2.05) is 5.38 Å². The second-order valence-electron chi connectivity index (χ2n) is 5.97. The lowest BCUT2D eigenvalue weighted by molar-refractivity contribution is 0.0600. The molecular formula is C18H18N2O5S. The van der Waals surface area contributed by atoms with E-state index in [-0.39, 0.29) is 12.1 Å². The van der Waals surface area contributed by atoms with Crippen molar-refractivity contribution in [2.24, 2.45) is 0 Å². The Morgan fingerprint density at radius 1 is 1.23 bits per heavy atom. The van der Waals surface area contributed by atoms with Gasteiger partial charge in [-0.25, -0.2) is 14.4 Å². The molecule has 8 heteroatoms. The number of esters is 1. The quantitative estimate of drug-likeness (QED) is 0.672. The van der Waals surface area contributed by atoms with Crippen LogP contribution in [0.2, 0.25) is 0 Å². The summed E-state index contributed by atoms with van der Waals surface area (Å²) in [5, 5.41) is 16.6. The van der Waals surface area contributed by atoms with Crippen molar-refractivity contribution in [3.63, 3.8) is 0 Å². The van der Waals surface area contributed by atoms with Crippen molar-refractivity contribution in [3.8, 4) is 0 Å². The maximum absolute atomic E-state index is 12.2. The molecule has 1 fully saturated rings. The number of hydrogen-bond donors (Lipinski definition) is 3. The first-order chi connectivity index (χ1) is 12.5. The van der Waals surface area contributed by atoms with E-state index in [1.165, 1.54) is 30.6 Å². The Balaban J connectivity index is 1.63. The first-order valence-corrected chi connectivity index (χ1v) is 8.94. The minimum atomic E-state index is -0.998. The van der Waals surface area contributed by atoms with E-state index < -0.39 is 18.0 Å². The highest BCUT2D eigenvalue weighted by Crippen LogP contribution is 2.46. The van der Waals surface area contributed by atoms with Crippen molar-refractivity contribution in [1.29, 1.82) is 0 Å². The average Bonchev–Trinajstić information content (AvgIpc) is 3.40. The molecule has 0 radical (unpaired) electrons. The lowest BCUT2D eigenvalue weighted by atomic mass is 10.1. The molecule has 26 heavy (non-hydrogen) atoms. The summed E-state index contributed by atoms with van der Waals surface area (Å²) in [5.74, 6) is -1.08. The lowest BCUT2D eigenvalue weighted by Crippen LogP contribution is -2.28. The number of nitrogens with one attached hydrogen (secondary N) is 2. The van der Waals surface area contributed by atoms with E-state index in [0.717, 1.165) is 24.0 Å². The van der Waals surface area contributed by atoms with E-state index in [2.05, 4.69) is 10.6 Å². The number of urea groups is 1. The maximum Gasteiger partial charge on any atom is 0.341 e. The summed E-state index contributed by atoms with van der Waals surface area (Å²) in [6, 6.07) is 5.79. The normalized spacial score (nSPS) is 13.1. The summed E-state index contributed by atoms with van der Waals surface area (Å²) in [6.07, 6.45) is 2.08. The van der Waals surface area contributed by atoms with Gasteiger partial charge in [-0.1, -0.05) is 12.1 Å². The first-order valence-electron chi connectivity index (χ1n) is 8.06. The van der Waals surface area contributed by atoms with E-state index in [4.69, 9.17) is 9.84 Å². The monoisotopic (exact) mass is 374 g/mol. The fourth-order valence-electron chi connectivity index (χ4n) is 2.57. The zero-order valence-corrected chi connectivity index (χ0v) is 14.9. The van der Waals surface area contributed by atoms with Crippen molar-refractivity contribution in [2.45, 2.75) is 25.3 Å². The largest absolute Gasteiger partial charge is 0.478 e. The van der Waals surface area contributed by atoms with Crippen LogP contribution < -0.4 is 10.6 Å². The highest BCUT2D eigenvalue weighted by Gasteiger charge is 2.32. The fourth-order valence-corrected chi connectivity index (χ4v) is 3.59. The number of aromatic carboxylic acids is 1. The SMILES string of the molecule is COC(=O)c1c(C2CC2)csc1NC(=O)NCc1ccc(C(=O)O)cc1. The molecule has 1 heterocycles. The Kier molecular flexibility index (Phi) is 5.22. The molecule has 2 aromatic rings. The topological polar surface area (TPSA) is 105 Å². The van der Waals surface area contributed by atoms with Gasteiger partial charge in [0.25, 0.3) is 0 Å². The minimum Gasteiger partial charge on any atom is -0.478 e. The van der Waals surface area contributed by atoms with Gasteiger partial charge in [0, 0.05) is 6.54 Å². The van der Waals surface area contributed by atoms with Crippen LogP contribution in [0.25, 0.3) is 0 Å². The van der Waals surface area contributed by atoms with Gasteiger partial charge in [0.05, 0.1) is 18.2 Å². The van der Waals surface area contributed by atoms with Gasteiger partial charge in [-0.15, -0.1) is 11.3 Å². The Labute approximate surface area is 154 Å². The highest BCUT2D eigenvalue weighted by atomic mass is 32.1. The van der Waals surface area contributed by atoms with Gasteiger partial charge in [-0.2, -0.15) is 0 Å². The third-order valence-corrected chi connectivity index (χ3v) is 5.02. The highest BCUT2D eigenvalue weighted by molar-refractivity contribution is 7.15. The number of anilines is 1. The summed E-state index contributed by atoms with van der Waals surface area (Å²) in [7, 11) is 1.32. The number of carbonyl (C=O) groups excluding carboxylic acids is 2. The summed E-state index contributed by atoms with van der Waals surface area (Å²) >= 11 is 1.31. The molecular weight excluding hydrogens is 356 g/mol. The van der Waals surface area contributed by atoms with Crippen molar-refractivity contribution in [3.05, 3.63) is 51.9 Å². The molecule has 136 valence electrons. The summed E-state index contributed by atoms with van der Waals surface area (Å²) in [6.45, 7) is 0.236. The van der Waals surface area contributed by atoms with Crippen molar-refractivity contribution in [2.75, 3.05) is 12.4 Å². The molecule has 0 unspecified atom stereocenters. The molecule has 3 rings (SSSR count). The minimum absolute atomic E-state index is 0.187. The lowest BCUT2D eigenvalue weighted by Gasteiger charge is -2.09. The molecule has 1 aliphatic rings. The fraction of sp³-hybridized carbons (Fsp3) is 0.278. The number of rotatable bonds is 6. The molecule has 0 atom stereocenters. The number of hydrogen-bond acceptors (Lipinski definition) is 5. The van der Waals surface area contributed by atoms with Crippen molar-refractivity contribution in [1.82, 2.24) is 5.32 Å². The van der Waals surface area contributed by atoms with Gasteiger partial charge in [0.2, 0.25) is 0 Å². The molecule has 7 nitrogen and oxygen atoms in total. The Morgan fingerprint density at radius 3 is 2.50 bits per heavy atom. The molecule has 0 spiro atoms. The zero-order chi connectivity index (χ0) is 18.7. The van der Waals surface area contributed by atoms with Gasteiger partial charge in [0.15, 0.2) is 0 Å². The van der Waals surface area contributed by atoms with Crippen LogP contribution in [0.5, 0.6) is 0 Å². The number of carbonyl (C=O) groups is 3. The molecule has 3 N–H and O–H groups in total. The summed E-state index contributed by atoms with van der Waals surface area (Å²) in [5.41, 5.74) is 2.32. The Hall–Kier alpha value is -2.87. The second kappa shape index (κ2) is 7.57. The first kappa shape index (κ1) is 17.9. The van der Waals surface area contributed by atoms with Crippen LogP contribution in [0.1, 0.15) is 50.6 Å². The van der Waals surface area contributed by atoms with Crippen LogP contribution in [0.3, 0.4) is 0 Å². The predicted octanol–water partition coefficient (Wildman–Crippen LogP) is 3.43. The molecule has 0 saturated heterocycles. The molecule has 0 bridgehead atoms. The van der Waals surface area contributed by atoms with Gasteiger partial charge in [-0.3, -0.25) is 5.32 Å². The number of carboxylic acids is 1. The van der Waals surface area contributed by atoms with Gasteiger partial charge >= 0.3 is 18.0 Å². The molecule has 1 aromatic heterocycles. The van der Waals surface area contributed by atoms with E-state index in [1.54, 1.807) is 12.1 Å². The molecule has 1 aliphatic carbocycles. The zero-order valence-electron chi connectivity index (χ0n) is 14.1. The van der Waals surface area contributed by atoms with Crippen LogP contribution >= 0.6 is 11.3 Å². The van der Waals surface area contributed by atoms with E-state index in [0.29, 0.717) is 16.5 Å². The Morgan fingerprint density at radius 2 is 1.92 bits per heavy atom. The third kappa shape index (κ3) is 4.02. The van der Waals surface area contributed by atoms with Crippen LogP contribution in [-0.2, 0) is 11.3 Å². The average molecular weight is 374 g/mol. The van der Waals surface area contributed by atoms with Crippen LogP contribution in [0, 0.1) is 0 Å². The van der Waals surface area contributed by atoms with E-state index in [9.17, 15) is 14.4 Å². The third-order valence-electron chi connectivity index (χ3n) is 4.11. The summed E-state index contributed by atoms with van der Waals surface area (Å²) < 4.78 is 4.84. The van der Waals surface area contributed by atoms with Gasteiger partial charge < -0.3 is 15.2 Å². The number of methoxy groups -OCH3 is 1. The number of amides is 2. The second-order valence-corrected chi connectivity index (χ2v) is 6.85. The van der Waals surface area contributed by atoms with Gasteiger partial charge in [0.1, 0.15) is 5.00 Å². The van der Waals surface area contributed by atoms with Gasteiger partial charge in [-0.05, 0) is 47.4 Å². The standard InChI is InChI=1S/C18H18N2O5S/c1-25-17(23)14-13(11-6-7-11)9-26-15(14)20-18(24)19-8-10-2-4-12(5-3-10)16(21)22/h2-5,9,11H,6-8H2,1H3,(H,21,22)(H2,19,20,24). The smallest absolute Gasteiger partial charge is 0.341 e. The summed E-state index contributed by atoms with van der Waals surface area (Å²) in [4.78, 5) is 35.0. The number of thiophene rings is 1. The molecule has 0 aliphatic heterocycles. The molecule has 1 aromatic carbocycles. The van der Waals surface area contributed by atoms with Crippen LogP contribution in [-0.4, -0.2) is 30.2 Å². The predicted molar refractivity (Wildman–Crippen MR) is 96.9 cm³/mol. The van der Waals surface area contributed by atoms with E-state index >= 15 is 0 Å². The molecule has 1 saturated carbocycles. The number of ether oxygens (including phenoxy) is 1. The molecule has 2 amide bonds. The number of carboxylic acid groups (broad SMARTS) is 1. The maximum atomic E-state index is 12.2. The Bertz CT molecular complexity index is 840. The number of benzene rings is 1. The van der Waals surface area contributed by atoms with Crippen LogP contribution in [0.15, 0.2) is 29.6 Å². The van der Waals surface area contributed by atoms with Crippen LogP contribution in [0.4, 0.5) is 9.80 Å². The van der Waals surface area contributed by atoms with Crippen molar-refractivity contribution >= 4 is 34.3 Å². The van der Waals surface area contributed by atoms with Crippen molar-refractivity contribution < 1.29 is 24.2 Å².